The van der Waals surface area contributed by atoms with Crippen molar-refractivity contribution >= 4 is 17.3 Å². The molecule has 1 heterocycles. The summed E-state index contributed by atoms with van der Waals surface area (Å²) in [7, 11) is 0. The number of carboxylic acids is 1. The minimum absolute atomic E-state index is 0.256. The molecule has 110 valence electrons. The van der Waals surface area contributed by atoms with Gasteiger partial charge in [-0.1, -0.05) is 42.5 Å². The SMILES string of the molecule is O=C(O)c1ccccc1NC1=CC=CCN1c1ccccc1. The van der Waals surface area contributed by atoms with Gasteiger partial charge in [0.25, 0.3) is 0 Å². The first-order valence-electron chi connectivity index (χ1n) is 7.04. The number of benzene rings is 2. The van der Waals surface area contributed by atoms with Gasteiger partial charge in [0.2, 0.25) is 0 Å². The van der Waals surface area contributed by atoms with Gasteiger partial charge in [0.05, 0.1) is 11.3 Å². The number of hydrogen-bond acceptors (Lipinski definition) is 3. The number of carbonyl (C=O) groups is 1. The number of aromatic carboxylic acids is 1. The van der Waals surface area contributed by atoms with Gasteiger partial charge in [-0.25, -0.2) is 4.79 Å². The Morgan fingerprint density at radius 2 is 1.77 bits per heavy atom. The number of anilines is 2. The predicted molar refractivity (Wildman–Crippen MR) is 88.0 cm³/mol. The normalized spacial score (nSPS) is 13.6. The topological polar surface area (TPSA) is 52.6 Å². The van der Waals surface area contributed by atoms with Gasteiger partial charge in [0.15, 0.2) is 0 Å². The molecule has 3 rings (SSSR count). The van der Waals surface area contributed by atoms with E-state index in [2.05, 4.69) is 16.3 Å². The van der Waals surface area contributed by atoms with Crippen molar-refractivity contribution in [1.29, 1.82) is 0 Å². The summed E-state index contributed by atoms with van der Waals surface area (Å²) in [5.41, 5.74) is 1.89. The van der Waals surface area contributed by atoms with Crippen LogP contribution in [0.1, 0.15) is 10.4 Å². The molecule has 22 heavy (non-hydrogen) atoms. The Morgan fingerprint density at radius 1 is 1.05 bits per heavy atom. The number of allylic oxidation sites excluding steroid dienone is 2. The highest BCUT2D eigenvalue weighted by atomic mass is 16.4. The van der Waals surface area contributed by atoms with E-state index >= 15 is 0 Å². The lowest BCUT2D eigenvalue weighted by molar-refractivity contribution is 0.0698. The van der Waals surface area contributed by atoms with Crippen molar-refractivity contribution in [2.45, 2.75) is 0 Å². The van der Waals surface area contributed by atoms with Gasteiger partial charge >= 0.3 is 5.97 Å². The summed E-state index contributed by atoms with van der Waals surface area (Å²) < 4.78 is 0. The van der Waals surface area contributed by atoms with E-state index in [9.17, 15) is 9.90 Å². The second kappa shape index (κ2) is 6.18. The van der Waals surface area contributed by atoms with Crippen molar-refractivity contribution in [3.8, 4) is 0 Å². The molecule has 0 spiro atoms. The molecule has 0 atom stereocenters. The van der Waals surface area contributed by atoms with E-state index in [4.69, 9.17) is 0 Å². The zero-order chi connectivity index (χ0) is 15.4. The number of para-hydroxylation sites is 2. The van der Waals surface area contributed by atoms with Crippen LogP contribution < -0.4 is 10.2 Å². The molecule has 0 aliphatic carbocycles. The molecular formula is C18H16N2O2. The molecule has 1 aliphatic rings. The highest BCUT2D eigenvalue weighted by Gasteiger charge is 2.16. The second-order valence-electron chi connectivity index (χ2n) is 4.90. The molecule has 0 radical (unpaired) electrons. The minimum Gasteiger partial charge on any atom is -0.478 e. The van der Waals surface area contributed by atoms with Gasteiger partial charge in [-0.3, -0.25) is 0 Å². The lowest BCUT2D eigenvalue weighted by Gasteiger charge is -2.29. The maximum Gasteiger partial charge on any atom is 0.337 e. The maximum atomic E-state index is 11.3. The van der Waals surface area contributed by atoms with Crippen LogP contribution in [0.25, 0.3) is 0 Å². The number of nitrogens with one attached hydrogen (secondary N) is 1. The molecule has 2 N–H and O–H groups in total. The van der Waals surface area contributed by atoms with Crippen molar-refractivity contribution in [1.82, 2.24) is 0 Å². The molecule has 0 amide bonds. The summed E-state index contributed by atoms with van der Waals surface area (Å²) in [5.74, 6) is -0.0938. The lowest BCUT2D eigenvalue weighted by Crippen LogP contribution is -2.29. The molecule has 0 aromatic heterocycles. The van der Waals surface area contributed by atoms with Crippen LogP contribution in [-0.2, 0) is 0 Å². The Bertz CT molecular complexity index is 736. The first-order valence-corrected chi connectivity index (χ1v) is 7.04. The molecule has 4 nitrogen and oxygen atoms in total. The van der Waals surface area contributed by atoms with E-state index in [1.807, 2.05) is 48.6 Å². The van der Waals surface area contributed by atoms with Gasteiger partial charge in [-0.2, -0.15) is 0 Å². The van der Waals surface area contributed by atoms with Gasteiger partial charge in [-0.05, 0) is 30.3 Å². The molecular weight excluding hydrogens is 276 g/mol. The summed E-state index contributed by atoms with van der Waals surface area (Å²) in [6.07, 6.45) is 5.96. The Hall–Kier alpha value is -3.01. The summed E-state index contributed by atoms with van der Waals surface area (Å²) in [6.45, 7) is 0.734. The lowest BCUT2D eigenvalue weighted by atomic mass is 10.1. The van der Waals surface area contributed by atoms with E-state index < -0.39 is 5.97 Å². The zero-order valence-corrected chi connectivity index (χ0v) is 11.9. The van der Waals surface area contributed by atoms with Gasteiger partial charge in [0, 0.05) is 12.2 Å². The summed E-state index contributed by atoms with van der Waals surface area (Å²) >= 11 is 0. The predicted octanol–water partition coefficient (Wildman–Crippen LogP) is 3.71. The highest BCUT2D eigenvalue weighted by molar-refractivity contribution is 5.94. The minimum atomic E-state index is -0.943. The quantitative estimate of drug-likeness (QED) is 0.902. The van der Waals surface area contributed by atoms with Crippen LogP contribution in [0.2, 0.25) is 0 Å². The fourth-order valence-corrected chi connectivity index (χ4v) is 2.39. The third-order valence-corrected chi connectivity index (χ3v) is 3.46. The van der Waals surface area contributed by atoms with Crippen LogP contribution in [0.4, 0.5) is 11.4 Å². The molecule has 0 bridgehead atoms. The third-order valence-electron chi connectivity index (χ3n) is 3.46. The summed E-state index contributed by atoms with van der Waals surface area (Å²) in [6, 6.07) is 16.9. The number of carboxylic acid groups (broad SMARTS) is 1. The Balaban J connectivity index is 1.92. The van der Waals surface area contributed by atoms with Crippen LogP contribution in [0.3, 0.4) is 0 Å². The zero-order valence-electron chi connectivity index (χ0n) is 11.9. The molecule has 2 aromatic carbocycles. The van der Waals surface area contributed by atoms with Crippen molar-refractivity contribution in [2.24, 2.45) is 0 Å². The number of hydrogen-bond donors (Lipinski definition) is 2. The number of rotatable bonds is 4. The Kier molecular flexibility index (Phi) is 3.92. The smallest absolute Gasteiger partial charge is 0.337 e. The van der Waals surface area contributed by atoms with Gasteiger partial charge in [-0.15, -0.1) is 0 Å². The van der Waals surface area contributed by atoms with E-state index in [1.165, 1.54) is 0 Å². The number of nitrogens with zero attached hydrogens (tertiary/aromatic N) is 1. The van der Waals surface area contributed by atoms with Gasteiger partial charge in [0.1, 0.15) is 5.82 Å². The maximum absolute atomic E-state index is 11.3. The first kappa shape index (κ1) is 13.9. The standard InChI is InChI=1S/C18H16N2O2/c21-18(22)15-10-4-5-11-16(15)19-17-12-6-7-13-20(17)14-8-2-1-3-9-14/h1-12,19H,13H2,(H,21,22). The third kappa shape index (κ3) is 2.86. The van der Waals surface area contributed by atoms with Crippen LogP contribution in [0.5, 0.6) is 0 Å². The van der Waals surface area contributed by atoms with Crippen molar-refractivity contribution in [3.63, 3.8) is 0 Å². The fraction of sp³-hybridized carbons (Fsp3) is 0.0556. The molecule has 1 aliphatic heterocycles. The van der Waals surface area contributed by atoms with E-state index in [0.717, 1.165) is 18.1 Å². The molecule has 0 unspecified atom stereocenters. The average Bonchev–Trinajstić information content (AvgIpc) is 2.56. The molecule has 4 heteroatoms. The van der Waals surface area contributed by atoms with Gasteiger partial charge < -0.3 is 15.3 Å². The Morgan fingerprint density at radius 3 is 2.55 bits per heavy atom. The molecule has 0 saturated carbocycles. The fourth-order valence-electron chi connectivity index (χ4n) is 2.39. The van der Waals surface area contributed by atoms with Crippen LogP contribution in [0.15, 0.2) is 78.6 Å². The largest absolute Gasteiger partial charge is 0.478 e. The highest BCUT2D eigenvalue weighted by Crippen LogP contribution is 2.24. The van der Waals surface area contributed by atoms with Crippen molar-refractivity contribution in [2.75, 3.05) is 16.8 Å². The van der Waals surface area contributed by atoms with E-state index in [0.29, 0.717) is 5.69 Å². The van der Waals surface area contributed by atoms with E-state index in [-0.39, 0.29) is 5.56 Å². The summed E-state index contributed by atoms with van der Waals surface area (Å²) in [4.78, 5) is 13.4. The summed E-state index contributed by atoms with van der Waals surface area (Å²) in [5, 5.41) is 12.5. The Labute approximate surface area is 129 Å². The van der Waals surface area contributed by atoms with Crippen molar-refractivity contribution < 1.29 is 9.90 Å². The molecule has 0 saturated heterocycles. The molecule has 2 aromatic rings. The van der Waals surface area contributed by atoms with Crippen molar-refractivity contribution in [3.05, 3.63) is 84.2 Å². The molecule has 0 fully saturated rings. The van der Waals surface area contributed by atoms with Crippen LogP contribution >= 0.6 is 0 Å². The second-order valence-corrected chi connectivity index (χ2v) is 4.90. The average molecular weight is 292 g/mol. The van der Waals surface area contributed by atoms with Crippen LogP contribution in [-0.4, -0.2) is 17.6 Å². The first-order chi connectivity index (χ1) is 10.8. The monoisotopic (exact) mass is 292 g/mol. The van der Waals surface area contributed by atoms with Crippen LogP contribution in [0, 0.1) is 0 Å². The van der Waals surface area contributed by atoms with E-state index in [1.54, 1.807) is 18.2 Å².